The first kappa shape index (κ1) is 15.1. The van der Waals surface area contributed by atoms with E-state index in [1.807, 2.05) is 16.9 Å². The van der Waals surface area contributed by atoms with Gasteiger partial charge in [-0.15, -0.1) is 0 Å². The van der Waals surface area contributed by atoms with Crippen LogP contribution in [0.3, 0.4) is 0 Å². The van der Waals surface area contributed by atoms with Crippen molar-refractivity contribution in [2.75, 3.05) is 6.54 Å². The summed E-state index contributed by atoms with van der Waals surface area (Å²) in [5.41, 5.74) is 3.22. The second-order valence-electron chi connectivity index (χ2n) is 5.29. The van der Waals surface area contributed by atoms with Crippen LogP contribution < -0.4 is 5.32 Å². The highest BCUT2D eigenvalue weighted by Crippen LogP contribution is 2.21. The molecule has 0 fully saturated rings. The number of hydrogen-bond donors (Lipinski definition) is 1. The van der Waals surface area contributed by atoms with Gasteiger partial charge in [-0.05, 0) is 42.6 Å². The zero-order chi connectivity index (χ0) is 14.5. The van der Waals surface area contributed by atoms with Crippen LogP contribution in [0.5, 0.6) is 0 Å². The Hall–Kier alpha value is -1.32. The molecule has 108 valence electrons. The van der Waals surface area contributed by atoms with E-state index in [1.165, 1.54) is 0 Å². The molecule has 0 saturated carbocycles. The van der Waals surface area contributed by atoms with Gasteiger partial charge in [-0.1, -0.05) is 38.4 Å². The first-order valence-electron chi connectivity index (χ1n) is 7.17. The third-order valence-electron chi connectivity index (χ3n) is 3.24. The molecule has 2 rings (SSSR count). The van der Waals surface area contributed by atoms with Gasteiger partial charge in [0.05, 0.1) is 11.4 Å². The average molecular weight is 292 g/mol. The Morgan fingerprint density at radius 2 is 2.10 bits per heavy atom. The van der Waals surface area contributed by atoms with Gasteiger partial charge in [-0.2, -0.15) is 5.10 Å². The molecule has 3 nitrogen and oxygen atoms in total. The molecule has 0 spiro atoms. The van der Waals surface area contributed by atoms with Crippen LogP contribution in [0.4, 0.5) is 0 Å². The molecule has 2 aromatic rings. The van der Waals surface area contributed by atoms with Crippen LogP contribution in [0.15, 0.2) is 30.5 Å². The molecule has 1 heterocycles. The number of benzene rings is 1. The first-order valence-corrected chi connectivity index (χ1v) is 7.54. The largest absolute Gasteiger partial charge is 0.313 e. The molecular weight excluding hydrogens is 270 g/mol. The Kier molecular flexibility index (Phi) is 5.21. The van der Waals surface area contributed by atoms with E-state index in [0.29, 0.717) is 5.92 Å². The van der Waals surface area contributed by atoms with Crippen molar-refractivity contribution in [3.05, 3.63) is 46.7 Å². The maximum absolute atomic E-state index is 6.35. The number of nitrogens with zero attached hydrogens (tertiary/aromatic N) is 2. The van der Waals surface area contributed by atoms with Crippen LogP contribution in [-0.4, -0.2) is 16.3 Å². The molecule has 0 unspecified atom stereocenters. The lowest BCUT2D eigenvalue weighted by molar-refractivity contribution is 0.675. The van der Waals surface area contributed by atoms with Crippen molar-refractivity contribution < 1.29 is 0 Å². The molecule has 0 saturated heterocycles. The molecule has 0 atom stereocenters. The van der Waals surface area contributed by atoms with E-state index < -0.39 is 0 Å². The van der Waals surface area contributed by atoms with Crippen LogP contribution in [-0.2, 0) is 6.54 Å². The van der Waals surface area contributed by atoms with Crippen molar-refractivity contribution in [1.82, 2.24) is 15.1 Å². The van der Waals surface area contributed by atoms with E-state index in [1.54, 1.807) is 0 Å². The summed E-state index contributed by atoms with van der Waals surface area (Å²) in [6.45, 7) is 8.25. The van der Waals surface area contributed by atoms with Crippen LogP contribution in [0.25, 0.3) is 5.69 Å². The van der Waals surface area contributed by atoms with Crippen molar-refractivity contribution in [3.63, 3.8) is 0 Å². The Labute approximate surface area is 126 Å². The molecule has 1 aromatic carbocycles. The Balaban J connectivity index is 2.15. The lowest BCUT2D eigenvalue weighted by Crippen LogP contribution is -2.14. The molecule has 0 aliphatic heterocycles. The number of aromatic nitrogens is 2. The van der Waals surface area contributed by atoms with Crippen molar-refractivity contribution in [3.8, 4) is 5.69 Å². The summed E-state index contributed by atoms with van der Waals surface area (Å²) < 4.78 is 1.88. The Morgan fingerprint density at radius 3 is 2.70 bits per heavy atom. The molecule has 4 heteroatoms. The summed E-state index contributed by atoms with van der Waals surface area (Å²) in [6.07, 6.45) is 3.11. The second-order valence-corrected chi connectivity index (χ2v) is 5.70. The van der Waals surface area contributed by atoms with E-state index in [2.05, 4.69) is 49.4 Å². The summed E-state index contributed by atoms with van der Waals surface area (Å²) in [6, 6.07) is 8.15. The summed E-state index contributed by atoms with van der Waals surface area (Å²) in [5, 5.41) is 8.72. The SMILES string of the molecule is CCCNCc1ccc(-n2ccc(C(C)C)n2)cc1Cl. The lowest BCUT2D eigenvalue weighted by atomic mass is 10.1. The zero-order valence-corrected chi connectivity index (χ0v) is 13.1. The fourth-order valence-corrected chi connectivity index (χ4v) is 2.25. The van der Waals surface area contributed by atoms with Crippen molar-refractivity contribution in [1.29, 1.82) is 0 Å². The fourth-order valence-electron chi connectivity index (χ4n) is 2.01. The van der Waals surface area contributed by atoms with E-state index in [4.69, 9.17) is 11.6 Å². The summed E-state index contributed by atoms with van der Waals surface area (Å²) in [5.74, 6) is 0.434. The average Bonchev–Trinajstić information content (AvgIpc) is 2.90. The third kappa shape index (κ3) is 3.62. The summed E-state index contributed by atoms with van der Waals surface area (Å²) in [4.78, 5) is 0. The van der Waals surface area contributed by atoms with Gasteiger partial charge in [-0.3, -0.25) is 0 Å². The maximum atomic E-state index is 6.35. The minimum absolute atomic E-state index is 0.434. The van der Waals surface area contributed by atoms with Gasteiger partial charge >= 0.3 is 0 Å². The number of nitrogens with one attached hydrogen (secondary N) is 1. The van der Waals surface area contributed by atoms with Crippen molar-refractivity contribution >= 4 is 11.6 Å². The molecule has 0 bridgehead atoms. The van der Waals surface area contributed by atoms with Crippen LogP contribution in [0.2, 0.25) is 5.02 Å². The normalized spacial score (nSPS) is 11.2. The van der Waals surface area contributed by atoms with Gasteiger partial charge in [-0.25, -0.2) is 4.68 Å². The van der Waals surface area contributed by atoms with E-state index in [-0.39, 0.29) is 0 Å². The quantitative estimate of drug-likeness (QED) is 0.810. The van der Waals surface area contributed by atoms with Gasteiger partial charge in [0.15, 0.2) is 0 Å². The number of rotatable bonds is 6. The van der Waals surface area contributed by atoms with Gasteiger partial charge in [0.1, 0.15) is 0 Å². The van der Waals surface area contributed by atoms with Crippen LogP contribution in [0, 0.1) is 0 Å². The fraction of sp³-hybridized carbons (Fsp3) is 0.438. The monoisotopic (exact) mass is 291 g/mol. The molecule has 1 aromatic heterocycles. The highest BCUT2D eigenvalue weighted by atomic mass is 35.5. The minimum Gasteiger partial charge on any atom is -0.313 e. The first-order chi connectivity index (χ1) is 9.61. The highest BCUT2D eigenvalue weighted by Gasteiger charge is 2.07. The van der Waals surface area contributed by atoms with Gasteiger partial charge in [0, 0.05) is 17.8 Å². The lowest BCUT2D eigenvalue weighted by Gasteiger charge is -2.08. The molecule has 0 amide bonds. The highest BCUT2D eigenvalue weighted by molar-refractivity contribution is 6.31. The van der Waals surface area contributed by atoms with Gasteiger partial charge in [0.2, 0.25) is 0 Å². The van der Waals surface area contributed by atoms with E-state index in [0.717, 1.165) is 41.5 Å². The summed E-state index contributed by atoms with van der Waals surface area (Å²) >= 11 is 6.35. The molecule has 20 heavy (non-hydrogen) atoms. The molecule has 0 radical (unpaired) electrons. The minimum atomic E-state index is 0.434. The van der Waals surface area contributed by atoms with E-state index in [9.17, 15) is 0 Å². The Morgan fingerprint density at radius 1 is 1.30 bits per heavy atom. The zero-order valence-electron chi connectivity index (χ0n) is 12.4. The number of halogens is 1. The number of hydrogen-bond acceptors (Lipinski definition) is 2. The predicted octanol–water partition coefficient (Wildman–Crippen LogP) is 4.15. The van der Waals surface area contributed by atoms with Gasteiger partial charge < -0.3 is 5.32 Å². The molecule has 0 aliphatic carbocycles. The smallest absolute Gasteiger partial charge is 0.0660 e. The van der Waals surface area contributed by atoms with Crippen molar-refractivity contribution in [2.24, 2.45) is 0 Å². The standard InChI is InChI=1S/C16H22ClN3/c1-4-8-18-11-13-5-6-14(10-15(13)17)20-9-7-16(19-20)12(2)3/h5-7,9-10,12,18H,4,8,11H2,1-3H3. The summed E-state index contributed by atoms with van der Waals surface area (Å²) in [7, 11) is 0. The maximum Gasteiger partial charge on any atom is 0.0660 e. The van der Waals surface area contributed by atoms with E-state index >= 15 is 0 Å². The predicted molar refractivity (Wildman–Crippen MR) is 84.7 cm³/mol. The van der Waals surface area contributed by atoms with Crippen LogP contribution >= 0.6 is 11.6 Å². The molecule has 0 aliphatic rings. The third-order valence-corrected chi connectivity index (χ3v) is 3.60. The topological polar surface area (TPSA) is 29.9 Å². The Bertz CT molecular complexity index is 561. The van der Waals surface area contributed by atoms with Crippen molar-refractivity contribution in [2.45, 2.75) is 39.7 Å². The second kappa shape index (κ2) is 6.91. The molecule has 1 N–H and O–H groups in total. The van der Waals surface area contributed by atoms with Gasteiger partial charge in [0.25, 0.3) is 0 Å². The molecular formula is C16H22ClN3. The van der Waals surface area contributed by atoms with Crippen LogP contribution in [0.1, 0.15) is 44.4 Å².